The fraction of sp³-hybridized carbons (Fsp3) is 0.610. The maximum atomic E-state index is 11.9. The molecule has 6 aliphatic carbocycles. The second-order valence-electron chi connectivity index (χ2n) is 23.0. The third kappa shape index (κ3) is 16.1. The Morgan fingerprint density at radius 2 is 0.708 bits per heavy atom. The summed E-state index contributed by atoms with van der Waals surface area (Å²) in [6.07, 6.45) is 21.0. The number of carbonyl (C=O) groups excluding carboxylic acids is 12. The summed E-state index contributed by atoms with van der Waals surface area (Å²) in [5, 5.41) is 0. The van der Waals surface area contributed by atoms with Crippen molar-refractivity contribution in [1.82, 2.24) is 29.4 Å². The molecule has 0 aromatic heterocycles. The highest BCUT2D eigenvalue weighted by atomic mass is 16.5. The molecule has 12 amide bonds. The summed E-state index contributed by atoms with van der Waals surface area (Å²) in [5.74, 6) is 6.25. The number of likely N-dealkylation sites (tertiary alicyclic amines) is 4. The molecule has 538 valence electrons. The number of likely N-dealkylation sites (N-methyl/N-ethyl adjacent to an activating group) is 1. The van der Waals surface area contributed by atoms with Gasteiger partial charge in [-0.05, 0) is 93.2 Å². The van der Waals surface area contributed by atoms with Crippen LogP contribution >= 0.6 is 0 Å². The second-order valence-corrected chi connectivity index (χ2v) is 23.0. The van der Waals surface area contributed by atoms with E-state index in [4.69, 9.17) is 6.11 Å². The molecule has 1 aromatic rings. The Kier molecular flexibility index (Phi) is 36.0. The number of hydrogen-bond acceptors (Lipinski definition) is 13. The monoisotopic (exact) mass is 1340 g/mol. The van der Waals surface area contributed by atoms with Crippen LogP contribution in [0.5, 0.6) is 0 Å². The molecule has 3 saturated carbocycles. The number of imide groups is 6. The number of rotatable bonds is 0. The Hall–Kier alpha value is -7.72. The van der Waals surface area contributed by atoms with Gasteiger partial charge in [0, 0.05) is 61.4 Å². The lowest BCUT2D eigenvalue weighted by Gasteiger charge is -2.23. The van der Waals surface area contributed by atoms with Crippen molar-refractivity contribution >= 4 is 70.9 Å². The van der Waals surface area contributed by atoms with Crippen LogP contribution in [0, 0.1) is 101 Å². The number of ether oxygens (including phenoxy) is 1. The first-order valence-electron chi connectivity index (χ1n) is 33.4. The number of carbonyl (C=O) groups is 12. The van der Waals surface area contributed by atoms with E-state index in [1.54, 1.807) is 53.3 Å². The van der Waals surface area contributed by atoms with Crippen molar-refractivity contribution < 1.29 is 63.6 Å². The van der Waals surface area contributed by atoms with Gasteiger partial charge in [-0.15, -0.1) is 5.92 Å². The molecule has 16 unspecified atom stereocenters. The standard InChI is InChI=1S/C12H9NO2.C11H13NO3.C11H13NO2.2C10H11NO2.C5H5NO2.6C2H6.6CH4/c1-3-4-8-5-6-9-10(7-8)12(15)13(2)11(9)14;1-10-4-5-11(2,15-10)7-6(10)8(13)12(3)9(7)14;1-5-6-3-4-7(5)9-8(6)10(13)12(2)11(9)14;2*1-11-9(12)7-5-2-3-6(4-5)8(7)10(11)13;1-6-4(7)2-3-5(6)8;6*1-2;;;;;;/h5-7H,1-2H3;4-7H,1-3H3;3-9H,1-2H3;2*2-3,5-8H,4H2,1H3;2-3H,1H3;6*1-2H3;6*1H4/i;;;;;;;;;;;;1T;;;;;. The number of fused-ring (bicyclic) bond motifs is 21. The molecule has 8 bridgehead atoms. The lowest BCUT2D eigenvalue weighted by molar-refractivity contribution is -0.145. The topological polar surface area (TPSA) is 234 Å². The van der Waals surface area contributed by atoms with Gasteiger partial charge < -0.3 is 4.74 Å². The highest BCUT2D eigenvalue weighted by Gasteiger charge is 2.70. The van der Waals surface area contributed by atoms with Crippen LogP contribution in [0.25, 0.3) is 0 Å². The Labute approximate surface area is 579 Å². The molecule has 8 aliphatic heterocycles. The molecule has 14 aliphatic rings. The summed E-state index contributed by atoms with van der Waals surface area (Å²) < 4.78 is 11.6. The number of hydrogen-bond donors (Lipinski definition) is 0. The predicted molar refractivity (Wildman–Crippen MR) is 384 cm³/mol. The van der Waals surface area contributed by atoms with E-state index in [2.05, 4.69) is 55.2 Å². The molecule has 1 aromatic carbocycles. The van der Waals surface area contributed by atoms with Crippen LogP contribution in [0.3, 0.4) is 0 Å². The van der Waals surface area contributed by atoms with Crippen LogP contribution in [0.1, 0.15) is 196 Å². The van der Waals surface area contributed by atoms with Gasteiger partial charge in [0.15, 0.2) is 0 Å². The van der Waals surface area contributed by atoms with Gasteiger partial charge in [-0.2, -0.15) is 0 Å². The molecule has 5 saturated heterocycles. The summed E-state index contributed by atoms with van der Waals surface area (Å²) in [4.78, 5) is 145. The third-order valence-electron chi connectivity index (χ3n) is 18.9. The highest BCUT2D eigenvalue weighted by Crippen LogP contribution is 2.58. The van der Waals surface area contributed by atoms with Crippen LogP contribution in [-0.2, 0) is 52.7 Å². The Morgan fingerprint density at radius 1 is 0.417 bits per heavy atom. The summed E-state index contributed by atoms with van der Waals surface area (Å²) >= 11 is 0. The fourth-order valence-electron chi connectivity index (χ4n) is 14.8. The maximum Gasteiger partial charge on any atom is 0.261 e. The van der Waals surface area contributed by atoms with E-state index >= 15 is 0 Å². The zero-order chi connectivity index (χ0) is 70.5. The molecule has 0 spiro atoms. The summed E-state index contributed by atoms with van der Waals surface area (Å²) in [7, 11) is 10.5. The quantitative estimate of drug-likeness (QED) is 0.134. The molecule has 96 heavy (non-hydrogen) atoms. The summed E-state index contributed by atoms with van der Waals surface area (Å²) in [5.41, 5.74) is 0.494. The molecule has 0 N–H and O–H groups in total. The zero-order valence-electron chi connectivity index (χ0n) is 59.1. The first-order chi connectivity index (χ1) is 43.8. The van der Waals surface area contributed by atoms with Crippen molar-refractivity contribution in [3.8, 4) is 11.8 Å². The highest BCUT2D eigenvalue weighted by molar-refractivity contribution is 6.21. The molecular weight excluding hydrogens is 1220 g/mol. The van der Waals surface area contributed by atoms with Crippen molar-refractivity contribution in [1.29, 1.82) is 0 Å². The molecular formula is C77H122N6O13. The molecule has 8 fully saturated rings. The van der Waals surface area contributed by atoms with Gasteiger partial charge >= 0.3 is 0 Å². The van der Waals surface area contributed by atoms with Gasteiger partial charge in [-0.1, -0.05) is 189 Å². The van der Waals surface area contributed by atoms with Crippen LogP contribution in [-0.4, -0.2) is 154 Å². The molecule has 19 nitrogen and oxygen atoms in total. The van der Waals surface area contributed by atoms with Crippen LogP contribution in [0.4, 0.5) is 0 Å². The van der Waals surface area contributed by atoms with E-state index in [0.29, 0.717) is 52.6 Å². The third-order valence-corrected chi connectivity index (χ3v) is 18.9. The van der Waals surface area contributed by atoms with Crippen molar-refractivity contribution in [2.75, 3.05) is 42.3 Å². The Bertz CT molecular complexity index is 3000. The number of nitrogens with zero attached hydrogens (tertiary/aromatic N) is 6. The molecule has 19 heteroatoms. The van der Waals surface area contributed by atoms with Crippen molar-refractivity contribution in [3.63, 3.8) is 0 Å². The first-order valence-corrected chi connectivity index (χ1v) is 32.4. The zero-order valence-corrected chi connectivity index (χ0v) is 58.1. The Morgan fingerprint density at radius 3 is 1.00 bits per heavy atom. The van der Waals surface area contributed by atoms with E-state index in [-0.39, 0.29) is 155 Å². The van der Waals surface area contributed by atoms with Gasteiger partial charge in [0.2, 0.25) is 47.3 Å². The second kappa shape index (κ2) is 38.3. The maximum absolute atomic E-state index is 11.9. The summed E-state index contributed by atoms with van der Waals surface area (Å²) in [6, 6.07) is 5.06. The van der Waals surface area contributed by atoms with E-state index in [9.17, 15) is 57.5 Å². The minimum atomic E-state index is -0.586. The van der Waals surface area contributed by atoms with E-state index in [1.807, 2.05) is 109 Å². The molecule has 8 heterocycles. The smallest absolute Gasteiger partial charge is 0.261 e. The fourth-order valence-corrected chi connectivity index (χ4v) is 14.8. The normalized spacial score (nSPS) is 31.9. The van der Waals surface area contributed by atoms with Crippen molar-refractivity contribution in [3.05, 3.63) is 95.6 Å². The van der Waals surface area contributed by atoms with Gasteiger partial charge in [0.05, 0.1) is 69.7 Å². The molecule has 0 radical (unpaired) electrons. The van der Waals surface area contributed by atoms with Crippen LogP contribution in [0.2, 0.25) is 0 Å². The average molecular weight is 1340 g/mol. The minimum absolute atomic E-state index is 0. The van der Waals surface area contributed by atoms with Gasteiger partial charge in [-0.25, -0.2) is 0 Å². The van der Waals surface area contributed by atoms with Crippen LogP contribution < -0.4 is 0 Å². The van der Waals surface area contributed by atoms with Crippen molar-refractivity contribution in [2.45, 2.75) is 179 Å². The van der Waals surface area contributed by atoms with Crippen molar-refractivity contribution in [2.24, 2.45) is 88.8 Å². The van der Waals surface area contributed by atoms with Crippen LogP contribution in [0.15, 0.2) is 79.0 Å². The first kappa shape index (κ1) is 90.3. The van der Waals surface area contributed by atoms with Gasteiger partial charge in [-0.3, -0.25) is 86.9 Å². The Balaban J connectivity index is -0.00000105. The molecule has 15 rings (SSSR count). The van der Waals surface area contributed by atoms with E-state index < -0.39 is 11.2 Å². The number of benzene rings is 1. The SMILES string of the molecule is C.C.C.C.C.CC.CC.CC.CC.CC.CC.CC#Cc1ccc2c(c1)C(=O)N(C)C2=O.CC1C2C=CC1C1C(=O)N(C)C(=O)C21.CN1C(=O)C2C(C1=O)C1(C)C=CC2(C)O1.CN1C(=O)C2C3C=CC(C3)C2C1=O.CN1C(=O)C2C3C=CC(C3)C2C1=O.CN1C(=O)C=CC1=O.[3H]C. The summed E-state index contributed by atoms with van der Waals surface area (Å²) in [6.45, 7) is 31.6. The minimum Gasteiger partial charge on any atom is -0.359 e. The lowest BCUT2D eigenvalue weighted by atomic mass is 9.73. The molecule has 16 atom stereocenters. The largest absolute Gasteiger partial charge is 0.359 e. The van der Waals surface area contributed by atoms with Gasteiger partial charge in [0.1, 0.15) is 0 Å². The van der Waals surface area contributed by atoms with E-state index in [1.165, 1.54) is 53.2 Å². The number of allylic oxidation sites excluding steroid dienone is 6. The lowest BCUT2D eigenvalue weighted by Crippen LogP contribution is -2.37. The van der Waals surface area contributed by atoms with E-state index in [0.717, 1.165) is 28.2 Å². The average Bonchev–Trinajstić information content (AvgIpc) is 1.54. The predicted octanol–water partition coefficient (Wildman–Crippen LogP) is 12.6. The number of amides is 12. The van der Waals surface area contributed by atoms with Gasteiger partial charge in [0.25, 0.3) is 23.6 Å².